The summed E-state index contributed by atoms with van der Waals surface area (Å²) in [5.41, 5.74) is -2.72. The van der Waals surface area contributed by atoms with Crippen LogP contribution in [0.2, 0.25) is 0 Å². The first kappa shape index (κ1) is 17.6. The Kier molecular flexibility index (Phi) is 5.13. The van der Waals surface area contributed by atoms with E-state index in [0.717, 1.165) is 15.3 Å². The van der Waals surface area contributed by atoms with Crippen LogP contribution in [0.5, 0.6) is 0 Å². The van der Waals surface area contributed by atoms with Gasteiger partial charge in [-0.2, -0.15) is 0 Å². The maximum absolute atomic E-state index is 12.2. The Hall–Kier alpha value is -1.45. The largest absolute Gasteiger partial charge is 0.389 e. The molecule has 0 radical (unpaired) electrons. The Balaban J connectivity index is 3.16. The SMILES string of the molecule is CCCC(C)(O)CNS(=O)(=O)c1cn(C)c(=O)n(C)c1=O. The summed E-state index contributed by atoms with van der Waals surface area (Å²) in [5.74, 6) is 0. The van der Waals surface area contributed by atoms with Crippen molar-refractivity contribution in [2.45, 2.75) is 37.2 Å². The summed E-state index contributed by atoms with van der Waals surface area (Å²) in [6, 6.07) is 0. The molecule has 1 aromatic rings. The molecule has 0 saturated heterocycles. The second kappa shape index (κ2) is 6.12. The predicted octanol–water partition coefficient (Wildman–Crippen LogP) is -1.09. The molecular weight excluding hydrogens is 298 g/mol. The molecule has 0 aliphatic carbocycles. The van der Waals surface area contributed by atoms with E-state index >= 15 is 0 Å². The van der Waals surface area contributed by atoms with Gasteiger partial charge in [-0.1, -0.05) is 13.3 Å². The Labute approximate surface area is 123 Å². The molecule has 0 spiro atoms. The number of nitrogens with one attached hydrogen (secondary N) is 1. The van der Waals surface area contributed by atoms with E-state index in [4.69, 9.17) is 0 Å². The molecule has 0 bridgehead atoms. The maximum Gasteiger partial charge on any atom is 0.330 e. The molecule has 1 aromatic heterocycles. The van der Waals surface area contributed by atoms with Gasteiger partial charge in [-0.05, 0) is 13.3 Å². The van der Waals surface area contributed by atoms with Crippen LogP contribution in [0.25, 0.3) is 0 Å². The maximum atomic E-state index is 12.2. The third-order valence-electron chi connectivity index (χ3n) is 3.14. The van der Waals surface area contributed by atoms with E-state index in [2.05, 4.69) is 4.72 Å². The van der Waals surface area contributed by atoms with E-state index in [0.29, 0.717) is 12.8 Å². The molecule has 0 fully saturated rings. The van der Waals surface area contributed by atoms with Crippen LogP contribution in [-0.4, -0.2) is 34.8 Å². The van der Waals surface area contributed by atoms with Crippen molar-refractivity contribution in [3.63, 3.8) is 0 Å². The van der Waals surface area contributed by atoms with Crippen molar-refractivity contribution in [2.75, 3.05) is 6.54 Å². The van der Waals surface area contributed by atoms with Crippen molar-refractivity contribution in [2.24, 2.45) is 14.1 Å². The van der Waals surface area contributed by atoms with Gasteiger partial charge in [-0.3, -0.25) is 9.36 Å². The summed E-state index contributed by atoms with van der Waals surface area (Å²) in [6.45, 7) is 3.17. The van der Waals surface area contributed by atoms with Gasteiger partial charge in [0.25, 0.3) is 5.56 Å². The quantitative estimate of drug-likeness (QED) is 0.692. The molecule has 0 aliphatic rings. The van der Waals surface area contributed by atoms with Crippen molar-refractivity contribution in [1.82, 2.24) is 13.9 Å². The normalized spacial score (nSPS) is 14.9. The monoisotopic (exact) mass is 319 g/mol. The van der Waals surface area contributed by atoms with Gasteiger partial charge in [-0.15, -0.1) is 0 Å². The van der Waals surface area contributed by atoms with Crippen LogP contribution in [0, 0.1) is 0 Å². The van der Waals surface area contributed by atoms with Gasteiger partial charge < -0.3 is 9.67 Å². The Morgan fingerprint density at radius 1 is 1.33 bits per heavy atom. The number of aromatic nitrogens is 2. The third-order valence-corrected chi connectivity index (χ3v) is 4.52. The van der Waals surface area contributed by atoms with Crippen LogP contribution in [-0.2, 0) is 24.1 Å². The molecule has 1 unspecified atom stereocenters. The Bertz CT molecular complexity index is 730. The molecule has 120 valence electrons. The second-order valence-corrected chi connectivity index (χ2v) is 7.06. The third kappa shape index (κ3) is 4.02. The molecular formula is C12H21N3O5S. The molecule has 8 nitrogen and oxygen atoms in total. The van der Waals surface area contributed by atoms with E-state index in [1.165, 1.54) is 21.0 Å². The van der Waals surface area contributed by atoms with Crippen molar-refractivity contribution in [3.8, 4) is 0 Å². The molecule has 0 amide bonds. The van der Waals surface area contributed by atoms with Crippen LogP contribution in [0.4, 0.5) is 0 Å². The van der Waals surface area contributed by atoms with E-state index in [9.17, 15) is 23.1 Å². The van der Waals surface area contributed by atoms with Crippen LogP contribution in [0.15, 0.2) is 20.7 Å². The lowest BCUT2D eigenvalue weighted by Crippen LogP contribution is -2.44. The average Bonchev–Trinajstić information content (AvgIpc) is 2.38. The highest BCUT2D eigenvalue weighted by molar-refractivity contribution is 7.89. The van der Waals surface area contributed by atoms with Crippen LogP contribution < -0.4 is 16.0 Å². The fourth-order valence-corrected chi connectivity index (χ4v) is 3.23. The molecule has 1 rings (SSSR count). The highest BCUT2D eigenvalue weighted by Crippen LogP contribution is 2.11. The zero-order chi connectivity index (χ0) is 16.4. The van der Waals surface area contributed by atoms with Gasteiger partial charge in [0, 0.05) is 26.8 Å². The average molecular weight is 319 g/mol. The number of aryl methyl sites for hydroxylation is 1. The first-order valence-electron chi connectivity index (χ1n) is 6.50. The topological polar surface area (TPSA) is 110 Å². The number of hydrogen-bond donors (Lipinski definition) is 2. The van der Waals surface area contributed by atoms with Gasteiger partial charge in [0.2, 0.25) is 10.0 Å². The summed E-state index contributed by atoms with van der Waals surface area (Å²) >= 11 is 0. The summed E-state index contributed by atoms with van der Waals surface area (Å²) in [7, 11) is -1.55. The summed E-state index contributed by atoms with van der Waals surface area (Å²) in [4.78, 5) is 22.9. The second-order valence-electron chi connectivity index (χ2n) is 5.32. The minimum Gasteiger partial charge on any atom is -0.389 e. The number of nitrogens with zero attached hydrogens (tertiary/aromatic N) is 2. The van der Waals surface area contributed by atoms with Gasteiger partial charge in [0.15, 0.2) is 4.90 Å². The molecule has 2 N–H and O–H groups in total. The summed E-state index contributed by atoms with van der Waals surface area (Å²) in [6.07, 6.45) is 2.08. The first-order valence-corrected chi connectivity index (χ1v) is 7.99. The zero-order valence-electron chi connectivity index (χ0n) is 12.6. The number of hydrogen-bond acceptors (Lipinski definition) is 5. The molecule has 0 saturated carbocycles. The van der Waals surface area contributed by atoms with Crippen LogP contribution in [0.3, 0.4) is 0 Å². The van der Waals surface area contributed by atoms with Crippen LogP contribution in [0.1, 0.15) is 26.7 Å². The molecule has 0 aliphatic heterocycles. The highest BCUT2D eigenvalue weighted by Gasteiger charge is 2.26. The van der Waals surface area contributed by atoms with E-state index in [-0.39, 0.29) is 6.54 Å². The molecule has 21 heavy (non-hydrogen) atoms. The smallest absolute Gasteiger partial charge is 0.330 e. The Morgan fingerprint density at radius 3 is 2.43 bits per heavy atom. The molecule has 1 heterocycles. The number of aliphatic hydroxyl groups is 1. The van der Waals surface area contributed by atoms with Gasteiger partial charge in [0.1, 0.15) is 0 Å². The summed E-state index contributed by atoms with van der Waals surface area (Å²) in [5, 5.41) is 9.98. The van der Waals surface area contributed by atoms with Crippen molar-refractivity contribution < 1.29 is 13.5 Å². The van der Waals surface area contributed by atoms with E-state index in [1.807, 2.05) is 6.92 Å². The Morgan fingerprint density at radius 2 is 1.90 bits per heavy atom. The lowest BCUT2D eigenvalue weighted by Gasteiger charge is -2.22. The van der Waals surface area contributed by atoms with Gasteiger partial charge in [-0.25, -0.2) is 17.9 Å². The highest BCUT2D eigenvalue weighted by atomic mass is 32.2. The predicted molar refractivity (Wildman–Crippen MR) is 77.6 cm³/mol. The zero-order valence-corrected chi connectivity index (χ0v) is 13.4. The van der Waals surface area contributed by atoms with E-state index in [1.54, 1.807) is 0 Å². The minimum atomic E-state index is -4.11. The number of sulfonamides is 1. The van der Waals surface area contributed by atoms with Crippen molar-refractivity contribution in [3.05, 3.63) is 27.0 Å². The standard InChI is InChI=1S/C12H21N3O5S/c1-5-6-12(2,18)8-13-21(19,20)9-7-14(3)11(17)15(4)10(9)16/h7,13,18H,5-6,8H2,1-4H3. The molecule has 1 atom stereocenters. The molecule has 0 aromatic carbocycles. The van der Waals surface area contributed by atoms with E-state index < -0.39 is 31.8 Å². The van der Waals surface area contributed by atoms with Gasteiger partial charge >= 0.3 is 5.69 Å². The molecule has 9 heteroatoms. The first-order chi connectivity index (χ1) is 9.52. The summed E-state index contributed by atoms with van der Waals surface area (Å²) < 4.78 is 28.3. The fourth-order valence-electron chi connectivity index (χ4n) is 1.91. The minimum absolute atomic E-state index is 0.213. The van der Waals surface area contributed by atoms with Crippen LogP contribution >= 0.6 is 0 Å². The van der Waals surface area contributed by atoms with Crippen molar-refractivity contribution in [1.29, 1.82) is 0 Å². The van der Waals surface area contributed by atoms with Crippen molar-refractivity contribution >= 4 is 10.0 Å². The lowest BCUT2D eigenvalue weighted by atomic mass is 10.0. The van der Waals surface area contributed by atoms with Gasteiger partial charge in [0.05, 0.1) is 5.60 Å². The fraction of sp³-hybridized carbons (Fsp3) is 0.667. The lowest BCUT2D eigenvalue weighted by molar-refractivity contribution is 0.0554. The number of rotatable bonds is 6.